The minimum atomic E-state index is -4.87. The Morgan fingerprint density at radius 1 is 1.10 bits per heavy atom. The van der Waals surface area contributed by atoms with E-state index in [-0.39, 0.29) is 22.9 Å². The SMILES string of the molecule is CNC(=O)c1cc(-n2ncnc2[C@H](C)NC(=O)c2cccc(OC(F)(F)F)c2)ncn1. The van der Waals surface area contributed by atoms with E-state index in [1.165, 1.54) is 42.6 Å². The third-order valence-electron chi connectivity index (χ3n) is 3.97. The molecule has 162 valence electrons. The summed E-state index contributed by atoms with van der Waals surface area (Å²) in [6.45, 7) is 1.61. The molecule has 0 bridgehead atoms. The zero-order valence-electron chi connectivity index (χ0n) is 16.2. The van der Waals surface area contributed by atoms with Crippen LogP contribution in [0.25, 0.3) is 5.82 Å². The van der Waals surface area contributed by atoms with Gasteiger partial charge in [0.15, 0.2) is 11.6 Å². The highest BCUT2D eigenvalue weighted by Gasteiger charge is 2.31. The molecule has 31 heavy (non-hydrogen) atoms. The molecule has 13 heteroatoms. The Bertz CT molecular complexity index is 1100. The van der Waals surface area contributed by atoms with Crippen LogP contribution in [0.1, 0.15) is 39.6 Å². The van der Waals surface area contributed by atoms with Crippen LogP contribution in [0.5, 0.6) is 5.75 Å². The number of benzene rings is 1. The lowest BCUT2D eigenvalue weighted by Gasteiger charge is -2.15. The van der Waals surface area contributed by atoms with E-state index in [4.69, 9.17) is 0 Å². The summed E-state index contributed by atoms with van der Waals surface area (Å²) in [7, 11) is 1.46. The Hall–Kier alpha value is -4.03. The molecule has 3 aromatic rings. The normalized spacial score (nSPS) is 12.2. The van der Waals surface area contributed by atoms with Crippen molar-refractivity contribution in [3.05, 3.63) is 60.1 Å². The van der Waals surface area contributed by atoms with Crippen molar-refractivity contribution >= 4 is 11.8 Å². The number of aromatic nitrogens is 5. The number of hydrogen-bond acceptors (Lipinski definition) is 7. The summed E-state index contributed by atoms with van der Waals surface area (Å²) < 4.78 is 42.3. The number of alkyl halides is 3. The van der Waals surface area contributed by atoms with Crippen molar-refractivity contribution in [2.75, 3.05) is 7.05 Å². The summed E-state index contributed by atoms with van der Waals surface area (Å²) in [6, 6.07) is 5.36. The van der Waals surface area contributed by atoms with Gasteiger partial charge in [-0.3, -0.25) is 9.59 Å². The molecule has 0 spiro atoms. The fourth-order valence-corrected chi connectivity index (χ4v) is 2.62. The minimum Gasteiger partial charge on any atom is -0.406 e. The quantitative estimate of drug-likeness (QED) is 0.605. The predicted molar refractivity (Wildman–Crippen MR) is 99.3 cm³/mol. The number of carbonyl (C=O) groups is 2. The topological polar surface area (TPSA) is 124 Å². The average molecular weight is 435 g/mol. The van der Waals surface area contributed by atoms with Crippen molar-refractivity contribution in [2.45, 2.75) is 19.3 Å². The molecule has 1 aromatic carbocycles. The smallest absolute Gasteiger partial charge is 0.406 e. The molecule has 0 unspecified atom stereocenters. The number of nitrogens with zero attached hydrogens (tertiary/aromatic N) is 5. The monoisotopic (exact) mass is 435 g/mol. The van der Waals surface area contributed by atoms with E-state index in [2.05, 4.69) is 35.4 Å². The summed E-state index contributed by atoms with van der Waals surface area (Å²) in [5, 5.41) is 9.12. The number of halogens is 3. The molecular formula is C18H16F3N7O3. The van der Waals surface area contributed by atoms with Crippen LogP contribution in [0.4, 0.5) is 13.2 Å². The van der Waals surface area contributed by atoms with Gasteiger partial charge in [-0.05, 0) is 25.1 Å². The van der Waals surface area contributed by atoms with Crippen LogP contribution in [-0.2, 0) is 0 Å². The Balaban J connectivity index is 1.79. The van der Waals surface area contributed by atoms with Crippen molar-refractivity contribution in [2.24, 2.45) is 0 Å². The first-order chi connectivity index (χ1) is 14.7. The number of ether oxygens (including phenoxy) is 1. The van der Waals surface area contributed by atoms with Crippen LogP contribution in [-0.4, -0.2) is 50.0 Å². The summed E-state index contributed by atoms with van der Waals surface area (Å²) in [5.74, 6) is -1.07. The largest absolute Gasteiger partial charge is 0.573 e. The molecule has 2 amide bonds. The van der Waals surface area contributed by atoms with Crippen LogP contribution in [0.15, 0.2) is 43.0 Å². The highest BCUT2D eigenvalue weighted by Crippen LogP contribution is 2.23. The van der Waals surface area contributed by atoms with Crippen molar-refractivity contribution in [1.82, 2.24) is 35.4 Å². The minimum absolute atomic E-state index is 0.0383. The maximum Gasteiger partial charge on any atom is 0.573 e. The van der Waals surface area contributed by atoms with Crippen LogP contribution in [0, 0.1) is 0 Å². The third kappa shape index (κ3) is 5.32. The second-order valence-corrected chi connectivity index (χ2v) is 6.14. The number of rotatable bonds is 6. The lowest BCUT2D eigenvalue weighted by Crippen LogP contribution is -2.29. The van der Waals surface area contributed by atoms with E-state index >= 15 is 0 Å². The van der Waals surface area contributed by atoms with Crippen LogP contribution < -0.4 is 15.4 Å². The molecule has 2 heterocycles. The fourth-order valence-electron chi connectivity index (χ4n) is 2.62. The van der Waals surface area contributed by atoms with Gasteiger partial charge in [-0.15, -0.1) is 13.2 Å². The Morgan fingerprint density at radius 3 is 2.58 bits per heavy atom. The van der Waals surface area contributed by atoms with E-state index in [0.717, 1.165) is 12.1 Å². The van der Waals surface area contributed by atoms with Gasteiger partial charge in [0.2, 0.25) is 0 Å². The van der Waals surface area contributed by atoms with Crippen LogP contribution in [0.2, 0.25) is 0 Å². The molecule has 0 aliphatic heterocycles. The second-order valence-electron chi connectivity index (χ2n) is 6.14. The molecular weight excluding hydrogens is 419 g/mol. The van der Waals surface area contributed by atoms with Crippen LogP contribution in [0.3, 0.4) is 0 Å². The number of carbonyl (C=O) groups excluding carboxylic acids is 2. The van der Waals surface area contributed by atoms with E-state index in [0.29, 0.717) is 0 Å². The van der Waals surface area contributed by atoms with Crippen LogP contribution >= 0.6 is 0 Å². The number of amides is 2. The molecule has 3 rings (SSSR count). The van der Waals surface area contributed by atoms with Gasteiger partial charge >= 0.3 is 6.36 Å². The van der Waals surface area contributed by atoms with Gasteiger partial charge in [0, 0.05) is 18.7 Å². The van der Waals surface area contributed by atoms with Gasteiger partial charge in [-0.25, -0.2) is 15.0 Å². The lowest BCUT2D eigenvalue weighted by molar-refractivity contribution is -0.274. The summed E-state index contributed by atoms with van der Waals surface area (Å²) in [5.41, 5.74) is 0.0655. The number of hydrogen-bond donors (Lipinski definition) is 2. The Kier molecular flexibility index (Phi) is 6.13. The first kappa shape index (κ1) is 21.7. The summed E-state index contributed by atoms with van der Waals surface area (Å²) in [6.07, 6.45) is -2.46. The zero-order chi connectivity index (χ0) is 22.6. The molecule has 0 aliphatic carbocycles. The maximum atomic E-state index is 12.5. The zero-order valence-corrected chi connectivity index (χ0v) is 16.2. The van der Waals surface area contributed by atoms with E-state index < -0.39 is 30.0 Å². The highest BCUT2D eigenvalue weighted by molar-refractivity contribution is 5.94. The highest BCUT2D eigenvalue weighted by atomic mass is 19.4. The molecule has 2 N–H and O–H groups in total. The first-order valence-corrected chi connectivity index (χ1v) is 8.79. The molecule has 2 aromatic heterocycles. The molecule has 0 aliphatic rings. The van der Waals surface area contributed by atoms with Gasteiger partial charge < -0.3 is 15.4 Å². The second kappa shape index (κ2) is 8.77. The Labute approximate surface area is 173 Å². The molecule has 1 atom stereocenters. The van der Waals surface area contributed by atoms with Crippen molar-refractivity contribution in [1.29, 1.82) is 0 Å². The van der Waals surface area contributed by atoms with Gasteiger partial charge in [0.25, 0.3) is 11.8 Å². The average Bonchev–Trinajstić information content (AvgIpc) is 3.22. The van der Waals surface area contributed by atoms with E-state index in [1.807, 2.05) is 0 Å². The first-order valence-electron chi connectivity index (χ1n) is 8.79. The standard InChI is InChI=1S/C18H16F3N7O3/c1-10(27-16(29)11-4-3-5-12(6-11)31-18(19,20)21)15-25-9-26-28(15)14-7-13(17(30)22-2)23-8-24-14/h3-10H,1-2H3,(H,22,30)(H,27,29)/t10-/m0/s1. The molecule has 10 nitrogen and oxygen atoms in total. The lowest BCUT2D eigenvalue weighted by atomic mass is 10.2. The Morgan fingerprint density at radius 2 is 1.87 bits per heavy atom. The third-order valence-corrected chi connectivity index (χ3v) is 3.97. The van der Waals surface area contributed by atoms with E-state index in [1.54, 1.807) is 6.92 Å². The molecule has 0 radical (unpaired) electrons. The summed E-state index contributed by atoms with van der Waals surface area (Å²) >= 11 is 0. The van der Waals surface area contributed by atoms with Gasteiger partial charge in [-0.2, -0.15) is 9.78 Å². The fraction of sp³-hybridized carbons (Fsp3) is 0.222. The summed E-state index contributed by atoms with van der Waals surface area (Å²) in [4.78, 5) is 36.3. The molecule has 0 fully saturated rings. The van der Waals surface area contributed by atoms with Gasteiger partial charge in [-0.1, -0.05) is 6.07 Å². The number of nitrogens with one attached hydrogen (secondary N) is 2. The van der Waals surface area contributed by atoms with Crippen molar-refractivity contribution < 1.29 is 27.5 Å². The van der Waals surface area contributed by atoms with Gasteiger partial charge in [0.1, 0.15) is 24.1 Å². The molecule has 0 saturated heterocycles. The van der Waals surface area contributed by atoms with Crippen molar-refractivity contribution in [3.8, 4) is 11.6 Å². The van der Waals surface area contributed by atoms with E-state index in [9.17, 15) is 22.8 Å². The van der Waals surface area contributed by atoms with Gasteiger partial charge in [0.05, 0.1) is 6.04 Å². The predicted octanol–water partition coefficient (Wildman–Crippen LogP) is 1.81. The maximum absolute atomic E-state index is 12.5. The molecule has 0 saturated carbocycles. The van der Waals surface area contributed by atoms with Crippen molar-refractivity contribution in [3.63, 3.8) is 0 Å².